The molecule has 0 unspecified atom stereocenters. The molecule has 3 N–H and O–H groups in total. The van der Waals surface area contributed by atoms with E-state index in [1.807, 2.05) is 0 Å². The fourth-order valence-electron chi connectivity index (χ4n) is 3.17. The Morgan fingerprint density at radius 3 is 2.54 bits per heavy atom. The van der Waals surface area contributed by atoms with E-state index in [1.165, 1.54) is 13.2 Å². The van der Waals surface area contributed by atoms with Gasteiger partial charge in [0.1, 0.15) is 10.6 Å². The molecule has 4 rings (SSSR count). The number of hydrogen-bond donors (Lipinski definition) is 3. The van der Waals surface area contributed by atoms with Gasteiger partial charge in [0.05, 0.1) is 12.8 Å². The van der Waals surface area contributed by atoms with Crippen molar-refractivity contribution in [3.8, 4) is 5.75 Å². The van der Waals surface area contributed by atoms with E-state index in [0.29, 0.717) is 22.2 Å². The van der Waals surface area contributed by atoms with E-state index in [1.54, 1.807) is 54.6 Å². The molecule has 1 aliphatic heterocycles. The zero-order chi connectivity index (χ0) is 19.9. The minimum atomic E-state index is -4.06. The van der Waals surface area contributed by atoms with E-state index in [2.05, 4.69) is 10.0 Å². The van der Waals surface area contributed by atoms with Gasteiger partial charge in [-0.2, -0.15) is 0 Å². The highest BCUT2D eigenvalue weighted by atomic mass is 32.2. The van der Waals surface area contributed by atoms with Crippen LogP contribution >= 0.6 is 0 Å². The summed E-state index contributed by atoms with van der Waals surface area (Å²) < 4.78 is 33.1. The summed E-state index contributed by atoms with van der Waals surface area (Å²) in [5.41, 5.74) is -0.0323. The Morgan fingerprint density at radius 1 is 1.04 bits per heavy atom. The van der Waals surface area contributed by atoms with Crippen LogP contribution in [0.15, 0.2) is 71.3 Å². The number of carbonyl (C=O) groups excluding carboxylic acids is 1. The van der Waals surface area contributed by atoms with Gasteiger partial charge in [-0.25, -0.2) is 8.42 Å². The van der Waals surface area contributed by atoms with Gasteiger partial charge in [0.25, 0.3) is 15.9 Å². The predicted molar refractivity (Wildman–Crippen MR) is 105 cm³/mol. The summed E-state index contributed by atoms with van der Waals surface area (Å²) in [6, 6.07) is 16.8. The van der Waals surface area contributed by atoms with Crippen molar-refractivity contribution in [1.29, 1.82) is 0 Å². The molecule has 0 bridgehead atoms. The first-order valence-electron chi connectivity index (χ1n) is 8.35. The summed E-state index contributed by atoms with van der Waals surface area (Å²) in [6.45, 7) is 0. The predicted octanol–water partition coefficient (Wildman–Crippen LogP) is 3.01. The molecule has 142 valence electrons. The number of hydrogen-bond acceptors (Lipinski definition) is 5. The Kier molecular flexibility index (Phi) is 4.20. The lowest BCUT2D eigenvalue weighted by molar-refractivity contribution is -0.113. The summed E-state index contributed by atoms with van der Waals surface area (Å²) in [7, 11) is -2.61. The average molecular weight is 396 g/mol. The van der Waals surface area contributed by atoms with Gasteiger partial charge in [-0.1, -0.05) is 42.5 Å². The van der Waals surface area contributed by atoms with Gasteiger partial charge in [0.15, 0.2) is 11.5 Å². The molecule has 0 saturated heterocycles. The van der Waals surface area contributed by atoms with Gasteiger partial charge in [-0.3, -0.25) is 9.52 Å². The van der Waals surface area contributed by atoms with Crippen molar-refractivity contribution in [3.05, 3.63) is 71.9 Å². The summed E-state index contributed by atoms with van der Waals surface area (Å²) in [5.74, 6) is -0.839. The van der Waals surface area contributed by atoms with E-state index in [0.717, 1.165) is 0 Å². The highest BCUT2D eigenvalue weighted by Gasteiger charge is 2.34. The molecule has 0 saturated carbocycles. The molecule has 28 heavy (non-hydrogen) atoms. The fourth-order valence-corrected chi connectivity index (χ4v) is 4.66. The number of nitrogens with one attached hydrogen (secondary N) is 2. The molecule has 0 atom stereocenters. The van der Waals surface area contributed by atoms with Crippen LogP contribution in [0, 0.1) is 0 Å². The number of anilines is 1. The van der Waals surface area contributed by atoms with Crippen molar-refractivity contribution < 1.29 is 23.1 Å². The van der Waals surface area contributed by atoms with Gasteiger partial charge in [0.2, 0.25) is 0 Å². The standard InChI is InChI=1S/C20H16N2O5S/c1-27-16-9-5-4-8-15(16)21-20(24)17-18(23)14-11-10-12-6-2-3-7-13(12)19(14)28(25,26)22-17/h2-11,22-23H,1H3,(H,21,24). The second-order valence-corrected chi connectivity index (χ2v) is 7.77. The highest BCUT2D eigenvalue weighted by molar-refractivity contribution is 7.90. The van der Waals surface area contributed by atoms with Crippen LogP contribution in [0.2, 0.25) is 0 Å². The second kappa shape index (κ2) is 6.58. The number of amides is 1. The van der Waals surface area contributed by atoms with E-state index in [9.17, 15) is 18.3 Å². The molecule has 3 aromatic rings. The van der Waals surface area contributed by atoms with Crippen molar-refractivity contribution in [1.82, 2.24) is 4.72 Å². The van der Waals surface area contributed by atoms with E-state index < -0.39 is 27.4 Å². The first-order chi connectivity index (χ1) is 13.4. The number of ether oxygens (including phenoxy) is 1. The third kappa shape index (κ3) is 2.84. The average Bonchev–Trinajstić information content (AvgIpc) is 2.70. The number of methoxy groups -OCH3 is 1. The maximum Gasteiger partial charge on any atom is 0.276 e. The zero-order valence-electron chi connectivity index (χ0n) is 14.8. The third-order valence-corrected chi connectivity index (χ3v) is 5.91. The lowest BCUT2D eigenvalue weighted by atomic mass is 10.0. The van der Waals surface area contributed by atoms with Gasteiger partial charge >= 0.3 is 0 Å². The maximum atomic E-state index is 12.9. The summed E-state index contributed by atoms with van der Waals surface area (Å²) in [5, 5.41) is 14.4. The summed E-state index contributed by atoms with van der Waals surface area (Å²) >= 11 is 0. The first kappa shape index (κ1) is 17.9. The highest BCUT2D eigenvalue weighted by Crippen LogP contribution is 2.35. The normalized spacial score (nSPS) is 14.9. The molecule has 1 amide bonds. The summed E-state index contributed by atoms with van der Waals surface area (Å²) in [4.78, 5) is 12.6. The van der Waals surface area contributed by atoms with Crippen molar-refractivity contribution in [3.63, 3.8) is 0 Å². The molecule has 3 aromatic carbocycles. The van der Waals surface area contributed by atoms with Crippen LogP contribution in [0.4, 0.5) is 5.69 Å². The van der Waals surface area contributed by atoms with Crippen LogP contribution in [-0.2, 0) is 14.8 Å². The molecule has 0 aliphatic carbocycles. The molecular formula is C20H16N2O5S. The molecule has 0 fully saturated rings. The van der Waals surface area contributed by atoms with Crippen molar-refractivity contribution in [2.45, 2.75) is 4.90 Å². The van der Waals surface area contributed by atoms with Crippen LogP contribution in [-0.4, -0.2) is 26.5 Å². The molecule has 7 nitrogen and oxygen atoms in total. The number of rotatable bonds is 3. The Morgan fingerprint density at radius 2 is 1.75 bits per heavy atom. The Hall–Kier alpha value is -3.52. The van der Waals surface area contributed by atoms with Crippen molar-refractivity contribution in [2.24, 2.45) is 0 Å². The lowest BCUT2D eigenvalue weighted by Gasteiger charge is -2.22. The molecule has 1 heterocycles. The number of benzene rings is 3. The smallest absolute Gasteiger partial charge is 0.276 e. The maximum absolute atomic E-state index is 12.9. The van der Waals surface area contributed by atoms with E-state index in [-0.39, 0.29) is 10.5 Å². The largest absolute Gasteiger partial charge is 0.505 e. The molecule has 8 heteroatoms. The third-order valence-electron chi connectivity index (χ3n) is 4.46. The minimum absolute atomic E-state index is 0.0584. The van der Waals surface area contributed by atoms with Crippen LogP contribution in [0.25, 0.3) is 16.5 Å². The molecule has 0 radical (unpaired) electrons. The minimum Gasteiger partial charge on any atom is -0.505 e. The van der Waals surface area contributed by atoms with Crippen LogP contribution in [0.1, 0.15) is 5.56 Å². The number of aliphatic hydroxyl groups is 1. The SMILES string of the molecule is COc1ccccc1NC(=O)C1=C(O)c2ccc3ccccc3c2S(=O)(=O)N1. The van der Waals surface area contributed by atoms with Gasteiger partial charge in [-0.05, 0) is 23.6 Å². The van der Waals surface area contributed by atoms with Gasteiger partial charge in [0, 0.05) is 10.9 Å². The van der Waals surface area contributed by atoms with E-state index in [4.69, 9.17) is 4.74 Å². The fraction of sp³-hybridized carbons (Fsp3) is 0.0500. The number of para-hydroxylation sites is 2. The second-order valence-electron chi connectivity index (χ2n) is 6.15. The number of sulfonamides is 1. The Labute approximate surface area is 161 Å². The van der Waals surface area contributed by atoms with E-state index >= 15 is 0 Å². The number of fused-ring (bicyclic) bond motifs is 3. The lowest BCUT2D eigenvalue weighted by Crippen LogP contribution is -2.35. The zero-order valence-corrected chi connectivity index (χ0v) is 15.6. The Bertz CT molecular complexity index is 1250. The molecule has 0 aromatic heterocycles. The molecule has 1 aliphatic rings. The topological polar surface area (TPSA) is 105 Å². The molecular weight excluding hydrogens is 380 g/mol. The monoisotopic (exact) mass is 396 g/mol. The Balaban J connectivity index is 1.83. The first-order valence-corrected chi connectivity index (χ1v) is 9.83. The summed E-state index contributed by atoms with van der Waals surface area (Å²) in [6.07, 6.45) is 0. The van der Waals surface area contributed by atoms with Crippen molar-refractivity contribution >= 4 is 38.1 Å². The van der Waals surface area contributed by atoms with Crippen LogP contribution in [0.3, 0.4) is 0 Å². The number of carbonyl (C=O) groups is 1. The van der Waals surface area contributed by atoms with Gasteiger partial charge < -0.3 is 15.2 Å². The molecule has 0 spiro atoms. The number of aliphatic hydroxyl groups excluding tert-OH is 1. The van der Waals surface area contributed by atoms with Gasteiger partial charge in [-0.15, -0.1) is 0 Å². The quantitative estimate of drug-likeness (QED) is 0.631. The van der Waals surface area contributed by atoms with Crippen LogP contribution < -0.4 is 14.8 Å². The van der Waals surface area contributed by atoms with Crippen molar-refractivity contribution in [2.75, 3.05) is 12.4 Å². The van der Waals surface area contributed by atoms with Crippen LogP contribution in [0.5, 0.6) is 5.75 Å².